The summed E-state index contributed by atoms with van der Waals surface area (Å²) in [7, 11) is 3.63. The normalized spacial score (nSPS) is 25.6. The average Bonchev–Trinajstić information content (AvgIpc) is 3.09. The maximum absolute atomic E-state index is 13.1. The molecule has 1 heterocycles. The molecule has 0 radical (unpaired) electrons. The zero-order valence-corrected chi connectivity index (χ0v) is 20.9. The molecule has 0 amide bonds. The van der Waals surface area contributed by atoms with Crippen LogP contribution < -0.4 is 25.2 Å². The zero-order valence-electron chi connectivity index (χ0n) is 20.9. The zero-order chi connectivity index (χ0) is 25.4. The number of fused-ring (bicyclic) bond motifs is 1. The number of azo groups is 1. The SMILES string of the molecule is COc1ccc2c(c1)C(C)(C)C(=CC1C([O-])C(Nc3ccc(N=Nc4ccccc4)cc3)C1[O-])N2C. The van der Waals surface area contributed by atoms with E-state index in [1.165, 1.54) is 0 Å². The summed E-state index contributed by atoms with van der Waals surface area (Å²) in [5.41, 5.74) is 5.03. The lowest BCUT2D eigenvalue weighted by atomic mass is 9.71. The Morgan fingerprint density at radius 1 is 0.917 bits per heavy atom. The van der Waals surface area contributed by atoms with Gasteiger partial charge in [0.05, 0.1) is 18.5 Å². The summed E-state index contributed by atoms with van der Waals surface area (Å²) < 4.78 is 5.41. The van der Waals surface area contributed by atoms with Crippen LogP contribution in [0.3, 0.4) is 0 Å². The first-order chi connectivity index (χ1) is 17.3. The standard InChI is InChI=1S/C29H30N4O3/c1-29(2)23-16-21(36-4)14-15-24(23)33(3)25(29)17-22-27(34)26(28(22)35)30-18-10-12-20(13-11-18)32-31-19-8-6-5-7-9-19/h5-17,22,26-28,30H,1-4H3/q-2. The average molecular weight is 483 g/mol. The molecule has 1 aliphatic heterocycles. The Labute approximate surface area is 211 Å². The highest BCUT2D eigenvalue weighted by Crippen LogP contribution is 2.49. The topological polar surface area (TPSA) is 95.3 Å². The van der Waals surface area contributed by atoms with E-state index in [0.717, 1.165) is 34.1 Å². The number of rotatable bonds is 6. The Bertz CT molecular complexity index is 1280. The van der Waals surface area contributed by atoms with E-state index in [-0.39, 0.29) is 5.41 Å². The van der Waals surface area contributed by atoms with Crippen molar-refractivity contribution in [3.05, 3.63) is 90.1 Å². The quantitative estimate of drug-likeness (QED) is 0.529. The molecule has 1 saturated carbocycles. The fourth-order valence-corrected chi connectivity index (χ4v) is 5.11. The molecule has 1 N–H and O–H groups in total. The number of hydrogen-bond acceptors (Lipinski definition) is 7. The molecule has 5 rings (SSSR count). The largest absolute Gasteiger partial charge is 0.850 e. The highest BCUT2D eigenvalue weighted by Gasteiger charge is 2.42. The smallest absolute Gasteiger partial charge is 0.119 e. The fourth-order valence-electron chi connectivity index (χ4n) is 5.11. The molecule has 2 unspecified atom stereocenters. The lowest BCUT2D eigenvalue weighted by Crippen LogP contribution is -2.72. The second-order valence-corrected chi connectivity index (χ2v) is 9.88. The highest BCUT2D eigenvalue weighted by molar-refractivity contribution is 5.71. The Hall–Kier alpha value is -3.68. The van der Waals surface area contributed by atoms with Crippen molar-refractivity contribution < 1.29 is 14.9 Å². The number of allylic oxidation sites excluding steroid dienone is 1. The third kappa shape index (κ3) is 4.25. The van der Waals surface area contributed by atoms with Crippen LogP contribution in [0.5, 0.6) is 5.75 Å². The lowest BCUT2D eigenvalue weighted by Gasteiger charge is -2.60. The van der Waals surface area contributed by atoms with E-state index in [1.807, 2.05) is 85.9 Å². The summed E-state index contributed by atoms with van der Waals surface area (Å²) in [4.78, 5) is 2.08. The van der Waals surface area contributed by atoms with Crippen LogP contribution in [0.15, 0.2) is 94.8 Å². The van der Waals surface area contributed by atoms with E-state index in [0.29, 0.717) is 5.69 Å². The number of likely N-dealkylation sites (N-methyl/N-ethyl adjacent to an activating group) is 1. The molecule has 7 nitrogen and oxygen atoms in total. The van der Waals surface area contributed by atoms with Gasteiger partial charge in [-0.05, 0) is 66.1 Å². The molecule has 0 aromatic heterocycles. The van der Waals surface area contributed by atoms with Gasteiger partial charge in [-0.25, -0.2) is 0 Å². The highest BCUT2D eigenvalue weighted by atomic mass is 16.5. The molecule has 0 bridgehead atoms. The van der Waals surface area contributed by atoms with E-state index < -0.39 is 24.2 Å². The monoisotopic (exact) mass is 482 g/mol. The van der Waals surface area contributed by atoms with Crippen LogP contribution in [0.4, 0.5) is 22.7 Å². The molecular weight excluding hydrogens is 452 g/mol. The molecule has 0 saturated heterocycles. The van der Waals surface area contributed by atoms with E-state index >= 15 is 0 Å². The van der Waals surface area contributed by atoms with Crippen molar-refractivity contribution in [2.75, 3.05) is 24.4 Å². The Kier molecular flexibility index (Phi) is 6.28. The number of nitrogens with zero attached hydrogens (tertiary/aromatic N) is 3. The van der Waals surface area contributed by atoms with E-state index in [4.69, 9.17) is 4.74 Å². The molecule has 3 aromatic carbocycles. The van der Waals surface area contributed by atoms with Crippen LogP contribution in [0.2, 0.25) is 0 Å². The van der Waals surface area contributed by atoms with Gasteiger partial charge < -0.3 is 25.2 Å². The van der Waals surface area contributed by atoms with Crippen LogP contribution in [-0.2, 0) is 5.41 Å². The van der Waals surface area contributed by atoms with Gasteiger partial charge in [-0.2, -0.15) is 10.2 Å². The van der Waals surface area contributed by atoms with Gasteiger partial charge in [0.25, 0.3) is 0 Å². The van der Waals surface area contributed by atoms with Crippen molar-refractivity contribution in [3.8, 4) is 5.75 Å². The Morgan fingerprint density at radius 3 is 2.19 bits per heavy atom. The van der Waals surface area contributed by atoms with Crippen molar-refractivity contribution >= 4 is 22.7 Å². The van der Waals surface area contributed by atoms with Gasteiger partial charge in [0.1, 0.15) is 5.75 Å². The molecule has 36 heavy (non-hydrogen) atoms. The first-order valence-corrected chi connectivity index (χ1v) is 12.1. The van der Waals surface area contributed by atoms with E-state index in [2.05, 4.69) is 34.3 Å². The van der Waals surface area contributed by atoms with Gasteiger partial charge in [-0.3, -0.25) is 0 Å². The summed E-state index contributed by atoms with van der Waals surface area (Å²) in [5.74, 6) is 0.203. The van der Waals surface area contributed by atoms with Crippen LogP contribution >= 0.6 is 0 Å². The summed E-state index contributed by atoms with van der Waals surface area (Å²) in [6.07, 6.45) is -0.160. The van der Waals surface area contributed by atoms with Crippen LogP contribution in [0, 0.1) is 5.92 Å². The van der Waals surface area contributed by atoms with Crippen molar-refractivity contribution in [2.24, 2.45) is 16.1 Å². The number of anilines is 2. The molecule has 1 fully saturated rings. The summed E-state index contributed by atoms with van der Waals surface area (Å²) >= 11 is 0. The maximum Gasteiger partial charge on any atom is 0.119 e. The van der Waals surface area contributed by atoms with Gasteiger partial charge in [-0.1, -0.05) is 38.1 Å². The summed E-state index contributed by atoms with van der Waals surface area (Å²) in [6, 6.07) is 22.1. The molecule has 2 atom stereocenters. The number of benzene rings is 3. The molecular formula is C29H30N4O3-2. The van der Waals surface area contributed by atoms with Gasteiger partial charge >= 0.3 is 0 Å². The molecule has 186 valence electrons. The molecule has 0 spiro atoms. The Balaban J connectivity index is 1.26. The number of methoxy groups -OCH3 is 1. The molecule has 1 aliphatic carbocycles. The number of ether oxygens (including phenoxy) is 1. The van der Waals surface area contributed by atoms with Crippen LogP contribution in [-0.4, -0.2) is 32.4 Å². The number of nitrogens with one attached hydrogen (secondary N) is 1. The maximum atomic E-state index is 13.1. The first kappa shape index (κ1) is 24.0. The third-order valence-electron chi connectivity index (χ3n) is 7.29. The third-order valence-corrected chi connectivity index (χ3v) is 7.29. The van der Waals surface area contributed by atoms with Gasteiger partial charge in [-0.15, -0.1) is 12.2 Å². The van der Waals surface area contributed by atoms with Crippen molar-refractivity contribution in [1.29, 1.82) is 0 Å². The minimum absolute atomic E-state index is 0.333. The van der Waals surface area contributed by atoms with Gasteiger partial charge in [0.2, 0.25) is 0 Å². The number of hydrogen-bond donors (Lipinski definition) is 1. The second-order valence-electron chi connectivity index (χ2n) is 9.88. The van der Waals surface area contributed by atoms with Gasteiger partial charge in [0.15, 0.2) is 0 Å². The van der Waals surface area contributed by atoms with Crippen molar-refractivity contribution in [1.82, 2.24) is 0 Å². The van der Waals surface area contributed by atoms with Crippen LogP contribution in [0.1, 0.15) is 19.4 Å². The predicted octanol–water partition coefficient (Wildman–Crippen LogP) is 4.29. The summed E-state index contributed by atoms with van der Waals surface area (Å²) in [5, 5.41) is 37.8. The second kappa shape index (κ2) is 9.41. The van der Waals surface area contributed by atoms with Crippen molar-refractivity contribution in [3.63, 3.8) is 0 Å². The molecule has 3 aromatic rings. The van der Waals surface area contributed by atoms with E-state index in [1.54, 1.807) is 7.11 Å². The first-order valence-electron chi connectivity index (χ1n) is 12.1. The summed E-state index contributed by atoms with van der Waals surface area (Å²) in [6.45, 7) is 4.23. The predicted molar refractivity (Wildman–Crippen MR) is 138 cm³/mol. The van der Waals surface area contributed by atoms with Gasteiger partial charge in [0, 0.05) is 35.6 Å². The lowest BCUT2D eigenvalue weighted by molar-refractivity contribution is -0.537. The van der Waals surface area contributed by atoms with Crippen molar-refractivity contribution in [2.45, 2.75) is 37.5 Å². The van der Waals surface area contributed by atoms with E-state index in [9.17, 15) is 10.2 Å². The molecule has 7 heteroatoms. The fraction of sp³-hybridized carbons (Fsp3) is 0.310. The minimum Gasteiger partial charge on any atom is -0.850 e. The Morgan fingerprint density at radius 2 is 1.56 bits per heavy atom. The minimum atomic E-state index is -1.03. The van der Waals surface area contributed by atoms with Crippen LogP contribution in [0.25, 0.3) is 0 Å². The molecule has 2 aliphatic rings.